The van der Waals surface area contributed by atoms with E-state index in [1.165, 1.54) is 5.56 Å². The topological polar surface area (TPSA) is 74.3 Å². The first-order valence-electron chi connectivity index (χ1n) is 13.6. The third-order valence-electron chi connectivity index (χ3n) is 7.73. The molecule has 2 aromatic carbocycles. The Morgan fingerprint density at radius 3 is 2.38 bits per heavy atom. The predicted octanol–water partition coefficient (Wildman–Crippen LogP) is 5.60. The van der Waals surface area contributed by atoms with Crippen LogP contribution in [0.4, 0.5) is 11.4 Å². The molecule has 2 aliphatic rings. The van der Waals surface area contributed by atoms with Gasteiger partial charge in [-0.2, -0.15) is 0 Å². The Balaban J connectivity index is 1.30. The van der Waals surface area contributed by atoms with Crippen molar-refractivity contribution in [1.29, 1.82) is 0 Å². The number of piperidine rings is 1. The number of anilines is 2. The Morgan fingerprint density at radius 2 is 1.65 bits per heavy atom. The fourth-order valence-electron chi connectivity index (χ4n) is 5.61. The Morgan fingerprint density at radius 1 is 0.892 bits per heavy atom. The van der Waals surface area contributed by atoms with Crippen LogP contribution in [-0.2, 0) is 17.8 Å². The van der Waals surface area contributed by atoms with Crippen LogP contribution in [0.1, 0.15) is 60.0 Å². The zero-order chi connectivity index (χ0) is 25.5. The molecule has 1 aliphatic carbocycles. The van der Waals surface area contributed by atoms with Crippen molar-refractivity contribution < 1.29 is 9.59 Å². The Hall–Kier alpha value is -3.67. The van der Waals surface area contributed by atoms with Crippen molar-refractivity contribution in [2.24, 2.45) is 11.8 Å². The molecule has 0 bridgehead atoms. The van der Waals surface area contributed by atoms with E-state index in [0.717, 1.165) is 69.3 Å². The van der Waals surface area contributed by atoms with Crippen LogP contribution in [0.3, 0.4) is 0 Å². The van der Waals surface area contributed by atoms with Crippen LogP contribution in [0.15, 0.2) is 73.1 Å². The van der Waals surface area contributed by atoms with Crippen LogP contribution < -0.4 is 15.5 Å². The van der Waals surface area contributed by atoms with E-state index in [2.05, 4.69) is 50.8 Å². The molecular weight excluding hydrogens is 460 g/mol. The second-order valence-electron chi connectivity index (χ2n) is 10.4. The fourth-order valence-corrected chi connectivity index (χ4v) is 5.61. The van der Waals surface area contributed by atoms with Crippen molar-refractivity contribution in [3.05, 3.63) is 89.7 Å². The first-order chi connectivity index (χ1) is 18.2. The van der Waals surface area contributed by atoms with Gasteiger partial charge >= 0.3 is 0 Å². The summed E-state index contributed by atoms with van der Waals surface area (Å²) in [5.74, 6) is 0.647. The summed E-state index contributed by atoms with van der Waals surface area (Å²) in [7, 11) is 0. The normalized spacial score (nSPS) is 16.5. The Bertz CT molecular complexity index is 1180. The quantitative estimate of drug-likeness (QED) is 0.426. The molecule has 1 aromatic heterocycles. The molecule has 2 amide bonds. The number of nitrogens with one attached hydrogen (secondary N) is 2. The average Bonchev–Trinajstić information content (AvgIpc) is 3.49. The summed E-state index contributed by atoms with van der Waals surface area (Å²) in [6.45, 7) is 2.23. The summed E-state index contributed by atoms with van der Waals surface area (Å²) in [5.41, 5.74) is 4.56. The maximum atomic E-state index is 13.4. The number of carbonyl (C=O) groups excluding carboxylic acids is 2. The van der Waals surface area contributed by atoms with Crippen LogP contribution in [0.25, 0.3) is 0 Å². The number of hydrogen-bond acceptors (Lipinski definition) is 4. The zero-order valence-electron chi connectivity index (χ0n) is 21.4. The van der Waals surface area contributed by atoms with E-state index in [1.807, 2.05) is 30.3 Å². The molecule has 2 N–H and O–H groups in total. The summed E-state index contributed by atoms with van der Waals surface area (Å²) in [6, 6.07) is 20.3. The van der Waals surface area contributed by atoms with Crippen molar-refractivity contribution >= 4 is 23.2 Å². The summed E-state index contributed by atoms with van der Waals surface area (Å²) >= 11 is 0. The largest absolute Gasteiger partial charge is 0.371 e. The van der Waals surface area contributed by atoms with Crippen LogP contribution in [0.2, 0.25) is 0 Å². The SMILES string of the molecule is O=C(NCc1cccnc1)c1cc(NC(=O)C2CCCC2)ccc1N1CCC(Cc2ccccc2)CC1. The summed E-state index contributed by atoms with van der Waals surface area (Å²) in [5, 5.41) is 6.12. The van der Waals surface area contributed by atoms with Gasteiger partial charge in [0.25, 0.3) is 5.91 Å². The van der Waals surface area contributed by atoms with E-state index in [4.69, 9.17) is 0 Å². The number of amides is 2. The standard InChI is InChI=1S/C31H36N4O2/c36-30(26-10-4-5-11-26)34-27-12-13-29(28(20-27)31(37)33-22-25-9-6-16-32-21-25)35-17-14-24(15-18-35)19-23-7-2-1-3-8-23/h1-3,6-9,12-13,16,20-21,24,26H,4-5,10-11,14-15,17-19,22H2,(H,33,37)(H,34,36). The van der Waals surface area contributed by atoms with Gasteiger partial charge in [0.1, 0.15) is 0 Å². The van der Waals surface area contributed by atoms with Gasteiger partial charge in [0, 0.05) is 49.3 Å². The number of carbonyl (C=O) groups is 2. The van der Waals surface area contributed by atoms with E-state index < -0.39 is 0 Å². The molecule has 37 heavy (non-hydrogen) atoms. The van der Waals surface area contributed by atoms with Crippen molar-refractivity contribution in [3.8, 4) is 0 Å². The van der Waals surface area contributed by atoms with Gasteiger partial charge in [-0.1, -0.05) is 49.2 Å². The molecule has 1 saturated carbocycles. The van der Waals surface area contributed by atoms with Gasteiger partial charge in [-0.25, -0.2) is 0 Å². The van der Waals surface area contributed by atoms with Gasteiger partial charge in [0.15, 0.2) is 0 Å². The third-order valence-corrected chi connectivity index (χ3v) is 7.73. The number of hydrogen-bond donors (Lipinski definition) is 2. The first kappa shape index (κ1) is 25.0. The van der Waals surface area contributed by atoms with Crippen LogP contribution in [0.5, 0.6) is 0 Å². The highest BCUT2D eigenvalue weighted by molar-refractivity contribution is 6.02. The summed E-state index contributed by atoms with van der Waals surface area (Å²) < 4.78 is 0. The molecule has 1 aliphatic heterocycles. The maximum Gasteiger partial charge on any atom is 0.253 e. The van der Waals surface area contributed by atoms with E-state index in [0.29, 0.717) is 23.7 Å². The molecule has 0 radical (unpaired) electrons. The van der Waals surface area contributed by atoms with Crippen molar-refractivity contribution in [2.45, 2.75) is 51.5 Å². The van der Waals surface area contributed by atoms with E-state index >= 15 is 0 Å². The van der Waals surface area contributed by atoms with Crippen molar-refractivity contribution in [2.75, 3.05) is 23.3 Å². The first-order valence-corrected chi connectivity index (χ1v) is 13.6. The van der Waals surface area contributed by atoms with Gasteiger partial charge in [-0.15, -0.1) is 0 Å². The van der Waals surface area contributed by atoms with Gasteiger partial charge in [-0.05, 0) is 73.4 Å². The number of pyridine rings is 1. The molecule has 3 aromatic rings. The highest BCUT2D eigenvalue weighted by Gasteiger charge is 2.25. The monoisotopic (exact) mass is 496 g/mol. The van der Waals surface area contributed by atoms with Gasteiger partial charge in [-0.3, -0.25) is 14.6 Å². The Kier molecular flexibility index (Phi) is 8.14. The number of benzene rings is 2. The van der Waals surface area contributed by atoms with Crippen LogP contribution in [0, 0.1) is 11.8 Å². The highest BCUT2D eigenvalue weighted by atomic mass is 16.2. The highest BCUT2D eigenvalue weighted by Crippen LogP contribution is 2.31. The van der Waals surface area contributed by atoms with Gasteiger partial charge in [0.2, 0.25) is 5.91 Å². The number of aromatic nitrogens is 1. The van der Waals surface area contributed by atoms with Crippen molar-refractivity contribution in [3.63, 3.8) is 0 Å². The van der Waals surface area contributed by atoms with E-state index in [9.17, 15) is 9.59 Å². The van der Waals surface area contributed by atoms with E-state index in [-0.39, 0.29) is 17.7 Å². The third kappa shape index (κ3) is 6.56. The minimum atomic E-state index is -0.137. The number of rotatable bonds is 8. The zero-order valence-corrected chi connectivity index (χ0v) is 21.4. The predicted molar refractivity (Wildman–Crippen MR) is 148 cm³/mol. The lowest BCUT2D eigenvalue weighted by Crippen LogP contribution is -2.36. The average molecular weight is 497 g/mol. The lowest BCUT2D eigenvalue weighted by atomic mass is 9.89. The lowest BCUT2D eigenvalue weighted by Gasteiger charge is -2.35. The smallest absolute Gasteiger partial charge is 0.253 e. The fraction of sp³-hybridized carbons (Fsp3) is 0.387. The summed E-state index contributed by atoms with van der Waals surface area (Å²) in [6.07, 6.45) is 10.9. The molecule has 2 fully saturated rings. The minimum Gasteiger partial charge on any atom is -0.371 e. The van der Waals surface area contributed by atoms with Gasteiger partial charge < -0.3 is 15.5 Å². The molecule has 192 valence electrons. The summed E-state index contributed by atoms with van der Waals surface area (Å²) in [4.78, 5) is 32.6. The minimum absolute atomic E-state index is 0.0636. The second kappa shape index (κ2) is 12.0. The van der Waals surface area contributed by atoms with Crippen LogP contribution in [-0.4, -0.2) is 29.9 Å². The molecular formula is C31H36N4O2. The molecule has 0 atom stereocenters. The second-order valence-corrected chi connectivity index (χ2v) is 10.4. The van der Waals surface area contributed by atoms with E-state index in [1.54, 1.807) is 12.4 Å². The van der Waals surface area contributed by atoms with Gasteiger partial charge in [0.05, 0.1) is 5.56 Å². The molecule has 6 heteroatoms. The maximum absolute atomic E-state index is 13.4. The van der Waals surface area contributed by atoms with Crippen LogP contribution >= 0.6 is 0 Å². The molecule has 0 unspecified atom stereocenters. The molecule has 0 spiro atoms. The molecule has 1 saturated heterocycles. The number of nitrogens with zero attached hydrogens (tertiary/aromatic N) is 2. The molecule has 5 rings (SSSR count). The molecule has 2 heterocycles. The lowest BCUT2D eigenvalue weighted by molar-refractivity contribution is -0.119. The molecule has 6 nitrogen and oxygen atoms in total. The Labute approximate surface area is 219 Å². The van der Waals surface area contributed by atoms with Crippen molar-refractivity contribution in [1.82, 2.24) is 10.3 Å².